The summed E-state index contributed by atoms with van der Waals surface area (Å²) in [4.78, 5) is 0. The van der Waals surface area contributed by atoms with E-state index in [1.807, 2.05) is 12.1 Å². The van der Waals surface area contributed by atoms with E-state index >= 15 is 0 Å². The summed E-state index contributed by atoms with van der Waals surface area (Å²) in [6.45, 7) is 13.2. The second-order valence-corrected chi connectivity index (χ2v) is 9.82. The van der Waals surface area contributed by atoms with Gasteiger partial charge in [0.2, 0.25) is 0 Å². The summed E-state index contributed by atoms with van der Waals surface area (Å²) in [5, 5.41) is 0. The first-order valence-electron chi connectivity index (χ1n) is 8.80. The molecule has 26 heavy (non-hydrogen) atoms. The first-order valence-corrected chi connectivity index (χ1v) is 10.9. The van der Waals surface area contributed by atoms with Gasteiger partial charge in [0.05, 0.1) is 33.4 Å². The van der Waals surface area contributed by atoms with Crippen molar-refractivity contribution in [3.8, 4) is 0 Å². The van der Waals surface area contributed by atoms with Gasteiger partial charge in [0, 0.05) is 10.8 Å². The highest BCUT2D eigenvalue weighted by Crippen LogP contribution is 2.33. The Kier molecular flexibility index (Phi) is 7.13. The number of nitrogens with zero attached hydrogens (tertiary/aromatic N) is 2. The lowest BCUT2D eigenvalue weighted by Crippen LogP contribution is -2.21. The van der Waals surface area contributed by atoms with Crippen molar-refractivity contribution in [1.29, 1.82) is 0 Å². The molecule has 0 radical (unpaired) electrons. The molecule has 2 aromatic carbocycles. The number of hydrogen-bond donors (Lipinski definition) is 0. The number of hydrogen-bond acceptors (Lipinski definition) is 4. The third-order valence-electron chi connectivity index (χ3n) is 3.81. The Balaban J connectivity index is 2.21. The van der Waals surface area contributed by atoms with Crippen molar-refractivity contribution in [2.45, 2.75) is 41.5 Å². The van der Waals surface area contributed by atoms with E-state index in [1.165, 1.54) is 22.0 Å². The third kappa shape index (κ3) is 6.03. The molecule has 138 valence electrons. The molecule has 0 atom stereocenters. The molecule has 0 aromatic heterocycles. The fourth-order valence-corrected chi connectivity index (χ4v) is 4.17. The fraction of sp³-hybridized carbons (Fsp3) is 0.364. The van der Waals surface area contributed by atoms with E-state index in [2.05, 4.69) is 90.1 Å². The normalized spacial score (nSPS) is 13.8. The van der Waals surface area contributed by atoms with Crippen LogP contribution in [0.2, 0.25) is 0 Å². The van der Waals surface area contributed by atoms with Gasteiger partial charge in [0.1, 0.15) is 0 Å². The third-order valence-corrected chi connectivity index (χ3v) is 5.03. The first-order chi connectivity index (χ1) is 12.2. The van der Waals surface area contributed by atoms with Crippen LogP contribution in [0.1, 0.15) is 52.7 Å². The second kappa shape index (κ2) is 8.92. The molecular formula is C22H28N2S2. The van der Waals surface area contributed by atoms with Gasteiger partial charge in [-0.3, -0.25) is 0 Å². The maximum atomic E-state index is 4.80. The van der Waals surface area contributed by atoms with Crippen LogP contribution in [-0.2, 0) is 0 Å². The number of benzene rings is 2. The average molecular weight is 385 g/mol. The van der Waals surface area contributed by atoms with Gasteiger partial charge in [-0.15, -0.1) is 0 Å². The highest BCUT2D eigenvalue weighted by Gasteiger charge is 2.22. The van der Waals surface area contributed by atoms with Crippen molar-refractivity contribution in [2.24, 2.45) is 19.6 Å². The Morgan fingerprint density at radius 1 is 0.577 bits per heavy atom. The van der Waals surface area contributed by atoms with E-state index in [-0.39, 0.29) is 10.8 Å². The molecule has 0 amide bonds. The van der Waals surface area contributed by atoms with E-state index in [9.17, 15) is 0 Å². The molecule has 0 unspecified atom stereocenters. The van der Waals surface area contributed by atoms with Crippen LogP contribution in [0.5, 0.6) is 0 Å². The Hall–Kier alpha value is -1.52. The first kappa shape index (κ1) is 20.8. The standard InChI is InChI=1S/C22H28N2S2/c1-21(2,3)19(17-13-9-7-10-14-17)23-25-26-24-20(22(4,5)6)18-15-11-8-12-16-18/h7-16H,1-6H3/b23-19-,24-20+. The van der Waals surface area contributed by atoms with E-state index in [4.69, 9.17) is 8.80 Å². The SMILES string of the molecule is CC(C)(C)/C(=N/SS/N=C(/c1ccccc1)C(C)(C)C)c1ccccc1. The number of rotatable bonds is 5. The molecule has 0 aliphatic heterocycles. The quantitative estimate of drug-likeness (QED) is 0.234. The molecule has 0 bridgehead atoms. The zero-order chi connectivity index (χ0) is 19.2. The van der Waals surface area contributed by atoms with E-state index in [1.54, 1.807) is 0 Å². The van der Waals surface area contributed by atoms with Gasteiger partial charge in [-0.05, 0) is 11.1 Å². The molecule has 0 heterocycles. The van der Waals surface area contributed by atoms with Crippen molar-refractivity contribution >= 4 is 33.4 Å². The van der Waals surface area contributed by atoms with Crippen LogP contribution in [-0.4, -0.2) is 11.4 Å². The summed E-state index contributed by atoms with van der Waals surface area (Å²) < 4.78 is 9.60. The Bertz CT molecular complexity index is 685. The molecule has 0 spiro atoms. The van der Waals surface area contributed by atoms with Crippen LogP contribution in [0.15, 0.2) is 69.5 Å². The van der Waals surface area contributed by atoms with Gasteiger partial charge >= 0.3 is 0 Å². The fourth-order valence-electron chi connectivity index (χ4n) is 2.55. The van der Waals surface area contributed by atoms with Gasteiger partial charge in [0.15, 0.2) is 0 Å². The molecule has 2 nitrogen and oxygen atoms in total. The summed E-state index contributed by atoms with van der Waals surface area (Å²) in [6.07, 6.45) is 0. The monoisotopic (exact) mass is 384 g/mol. The van der Waals surface area contributed by atoms with Gasteiger partial charge in [-0.1, -0.05) is 102 Å². The molecule has 0 saturated carbocycles. The van der Waals surface area contributed by atoms with Crippen LogP contribution >= 0.6 is 22.0 Å². The van der Waals surface area contributed by atoms with Crippen LogP contribution in [0.4, 0.5) is 0 Å². The van der Waals surface area contributed by atoms with Crippen LogP contribution < -0.4 is 0 Å². The van der Waals surface area contributed by atoms with Gasteiger partial charge in [-0.25, -0.2) is 8.80 Å². The summed E-state index contributed by atoms with van der Waals surface area (Å²) in [5.74, 6) is 0. The maximum absolute atomic E-state index is 4.80. The summed E-state index contributed by atoms with van der Waals surface area (Å²) >= 11 is 0. The molecule has 0 saturated heterocycles. The van der Waals surface area contributed by atoms with Crippen molar-refractivity contribution in [1.82, 2.24) is 0 Å². The molecule has 0 aliphatic carbocycles. The summed E-state index contributed by atoms with van der Waals surface area (Å²) in [7, 11) is 2.88. The largest absolute Gasteiger partial charge is 0.207 e. The average Bonchev–Trinajstić information content (AvgIpc) is 2.57. The van der Waals surface area contributed by atoms with Crippen LogP contribution in [0.25, 0.3) is 0 Å². The van der Waals surface area contributed by atoms with Crippen LogP contribution in [0.3, 0.4) is 0 Å². The summed E-state index contributed by atoms with van der Waals surface area (Å²) in [5.41, 5.74) is 4.45. The predicted octanol–water partition coefficient (Wildman–Crippen LogP) is 7.27. The van der Waals surface area contributed by atoms with Crippen molar-refractivity contribution in [3.63, 3.8) is 0 Å². The zero-order valence-corrected chi connectivity index (χ0v) is 18.1. The molecule has 2 aromatic rings. The molecule has 4 heteroatoms. The molecule has 0 N–H and O–H groups in total. The van der Waals surface area contributed by atoms with Crippen molar-refractivity contribution < 1.29 is 0 Å². The lowest BCUT2D eigenvalue weighted by molar-refractivity contribution is 0.593. The van der Waals surface area contributed by atoms with Gasteiger partial charge < -0.3 is 0 Å². The van der Waals surface area contributed by atoms with Gasteiger partial charge in [-0.2, -0.15) is 0 Å². The lowest BCUT2D eigenvalue weighted by atomic mass is 9.86. The van der Waals surface area contributed by atoms with Gasteiger partial charge in [0.25, 0.3) is 0 Å². The predicted molar refractivity (Wildman–Crippen MR) is 120 cm³/mol. The molecular weight excluding hydrogens is 356 g/mol. The summed E-state index contributed by atoms with van der Waals surface area (Å²) in [6, 6.07) is 20.7. The minimum absolute atomic E-state index is 0.0229. The Morgan fingerprint density at radius 3 is 1.15 bits per heavy atom. The maximum Gasteiger partial charge on any atom is 0.0685 e. The topological polar surface area (TPSA) is 24.7 Å². The Labute approximate surface area is 166 Å². The van der Waals surface area contributed by atoms with Crippen molar-refractivity contribution in [3.05, 3.63) is 71.8 Å². The van der Waals surface area contributed by atoms with E-state index in [0.29, 0.717) is 0 Å². The Morgan fingerprint density at radius 2 is 0.885 bits per heavy atom. The highest BCUT2D eigenvalue weighted by molar-refractivity contribution is 8.75. The van der Waals surface area contributed by atoms with Crippen molar-refractivity contribution in [2.75, 3.05) is 0 Å². The second-order valence-electron chi connectivity index (χ2n) is 8.26. The minimum atomic E-state index is -0.0229. The lowest BCUT2D eigenvalue weighted by Gasteiger charge is -2.22. The molecule has 2 rings (SSSR count). The van der Waals surface area contributed by atoms with Crippen LogP contribution in [0, 0.1) is 10.8 Å². The van der Waals surface area contributed by atoms with E-state index in [0.717, 1.165) is 22.6 Å². The van der Waals surface area contributed by atoms with E-state index < -0.39 is 0 Å². The smallest absolute Gasteiger partial charge is 0.0685 e. The minimum Gasteiger partial charge on any atom is -0.207 e. The highest BCUT2D eigenvalue weighted by atomic mass is 33.1. The zero-order valence-electron chi connectivity index (χ0n) is 16.5. The molecule has 0 aliphatic rings. The molecule has 0 fully saturated rings.